The third-order valence-corrected chi connectivity index (χ3v) is 2.47. The van der Waals surface area contributed by atoms with Gasteiger partial charge in [-0.25, -0.2) is 4.79 Å². The van der Waals surface area contributed by atoms with E-state index in [0.29, 0.717) is 0 Å². The maximum atomic E-state index is 11.6. The summed E-state index contributed by atoms with van der Waals surface area (Å²) >= 11 is 10.8. The third-order valence-electron chi connectivity index (χ3n) is 2.10. The zero-order valence-electron chi connectivity index (χ0n) is 8.91. The molecule has 1 amide bonds. The second-order valence-corrected chi connectivity index (χ2v) is 4.66. The molecule has 0 spiro atoms. The Balaban J connectivity index is 5.02. The van der Waals surface area contributed by atoms with Gasteiger partial charge in [-0.15, -0.1) is 0 Å². The summed E-state index contributed by atoms with van der Waals surface area (Å²) in [5, 5.41) is 17.4. The van der Waals surface area contributed by atoms with E-state index in [0.717, 1.165) is 4.90 Å². The summed E-state index contributed by atoms with van der Waals surface area (Å²) in [6.45, 7) is 2.67. The maximum Gasteiger partial charge on any atom is 0.329 e. The molecule has 0 aromatic carbocycles. The Morgan fingerprint density at radius 2 is 2.00 bits per heavy atom. The molecule has 0 fully saturated rings. The molecule has 0 aliphatic heterocycles. The van der Waals surface area contributed by atoms with Gasteiger partial charge in [0, 0.05) is 6.54 Å². The van der Waals surface area contributed by atoms with E-state index in [9.17, 15) is 9.59 Å². The number of amides is 1. The van der Waals surface area contributed by atoms with Gasteiger partial charge in [-0.2, -0.15) is 5.26 Å². The lowest BCUT2D eigenvalue weighted by Crippen LogP contribution is -2.54. The molecule has 5 nitrogen and oxygen atoms in total. The predicted octanol–water partition coefficient (Wildman–Crippen LogP) is 1.40. The number of nitrogens with zero attached hydrogens (tertiary/aromatic N) is 2. The van der Waals surface area contributed by atoms with E-state index in [1.54, 1.807) is 0 Å². The average Bonchev–Trinajstić information content (AvgIpc) is 2.17. The zero-order chi connectivity index (χ0) is 12.9. The van der Waals surface area contributed by atoms with E-state index in [1.807, 2.05) is 6.07 Å². The normalized spacial score (nSPS) is 11.0. The van der Waals surface area contributed by atoms with Gasteiger partial charge in [0.15, 0.2) is 4.84 Å². The molecule has 0 saturated carbocycles. The van der Waals surface area contributed by atoms with E-state index in [2.05, 4.69) is 0 Å². The number of aliphatic carboxylic acids is 1. The smallest absolute Gasteiger partial charge is 0.329 e. The fourth-order valence-electron chi connectivity index (χ4n) is 1.06. The highest BCUT2D eigenvalue weighted by molar-refractivity contribution is 6.53. The second-order valence-electron chi connectivity index (χ2n) is 3.56. The van der Waals surface area contributed by atoms with Crippen LogP contribution in [0.25, 0.3) is 0 Å². The quantitative estimate of drug-likeness (QED) is 0.763. The van der Waals surface area contributed by atoms with E-state index in [4.69, 9.17) is 33.6 Å². The number of rotatable bonds is 5. The van der Waals surface area contributed by atoms with Crippen molar-refractivity contribution < 1.29 is 14.7 Å². The first-order chi connectivity index (χ1) is 7.25. The number of nitriles is 1. The number of carbonyl (C=O) groups excluding carboxylic acids is 1. The van der Waals surface area contributed by atoms with Gasteiger partial charge >= 0.3 is 5.97 Å². The Morgan fingerprint density at radius 1 is 1.50 bits per heavy atom. The van der Waals surface area contributed by atoms with Gasteiger partial charge in [0.1, 0.15) is 5.54 Å². The SMILES string of the molecule is CC(C)(C(=O)O)N(CCC#N)C(=O)C(Cl)Cl. The van der Waals surface area contributed by atoms with Gasteiger partial charge < -0.3 is 10.0 Å². The third kappa shape index (κ3) is 3.54. The molecule has 0 unspecified atom stereocenters. The summed E-state index contributed by atoms with van der Waals surface area (Å²) in [5.74, 6) is -1.90. The number of carboxylic acids is 1. The lowest BCUT2D eigenvalue weighted by Gasteiger charge is -2.34. The minimum absolute atomic E-state index is 0.0168. The lowest BCUT2D eigenvalue weighted by atomic mass is 10.0. The van der Waals surface area contributed by atoms with E-state index >= 15 is 0 Å². The molecule has 0 bridgehead atoms. The number of hydrogen-bond donors (Lipinski definition) is 1. The largest absolute Gasteiger partial charge is 0.480 e. The van der Waals surface area contributed by atoms with E-state index < -0.39 is 22.3 Å². The topological polar surface area (TPSA) is 81.4 Å². The van der Waals surface area contributed by atoms with Crippen LogP contribution >= 0.6 is 23.2 Å². The highest BCUT2D eigenvalue weighted by Crippen LogP contribution is 2.19. The first-order valence-corrected chi connectivity index (χ1v) is 5.32. The Morgan fingerprint density at radius 3 is 2.31 bits per heavy atom. The van der Waals surface area contributed by atoms with Gasteiger partial charge in [0.05, 0.1) is 12.5 Å². The molecule has 0 rings (SSSR count). The first-order valence-electron chi connectivity index (χ1n) is 4.45. The van der Waals surface area contributed by atoms with E-state index in [-0.39, 0.29) is 13.0 Å². The molecule has 7 heteroatoms. The van der Waals surface area contributed by atoms with Crippen LogP contribution in [-0.4, -0.2) is 38.8 Å². The number of alkyl halides is 2. The molecule has 0 radical (unpaired) electrons. The molecule has 0 aliphatic carbocycles. The van der Waals surface area contributed by atoms with Gasteiger partial charge in [0.2, 0.25) is 0 Å². The fourth-order valence-corrected chi connectivity index (χ4v) is 1.30. The Kier molecular flexibility index (Phi) is 5.56. The van der Waals surface area contributed by atoms with Crippen LogP contribution in [0.15, 0.2) is 0 Å². The molecular formula is C9H12Cl2N2O3. The van der Waals surface area contributed by atoms with Crippen molar-refractivity contribution in [3.05, 3.63) is 0 Å². The van der Waals surface area contributed by atoms with Crippen LogP contribution in [0.5, 0.6) is 0 Å². The van der Waals surface area contributed by atoms with Crippen LogP contribution in [0.1, 0.15) is 20.3 Å². The van der Waals surface area contributed by atoms with E-state index in [1.165, 1.54) is 13.8 Å². The number of carbonyl (C=O) groups is 2. The summed E-state index contributed by atoms with van der Waals surface area (Å²) in [7, 11) is 0. The van der Waals surface area contributed by atoms with Crippen LogP contribution in [0.4, 0.5) is 0 Å². The molecule has 16 heavy (non-hydrogen) atoms. The summed E-state index contributed by atoms with van der Waals surface area (Å²) in [4.78, 5) is 22.2. The molecule has 0 aromatic heterocycles. The predicted molar refractivity (Wildman–Crippen MR) is 59.2 cm³/mol. The monoisotopic (exact) mass is 266 g/mol. The fraction of sp³-hybridized carbons (Fsp3) is 0.667. The maximum absolute atomic E-state index is 11.6. The molecule has 90 valence electrons. The van der Waals surface area contributed by atoms with Crippen LogP contribution in [-0.2, 0) is 9.59 Å². The Labute approximate surface area is 104 Å². The Hall–Kier alpha value is -0.990. The van der Waals surface area contributed by atoms with Gasteiger partial charge in [0.25, 0.3) is 5.91 Å². The Bertz CT molecular complexity index is 323. The molecule has 0 aromatic rings. The highest BCUT2D eigenvalue weighted by atomic mass is 35.5. The number of halogens is 2. The average molecular weight is 267 g/mol. The van der Waals surface area contributed by atoms with Crippen LogP contribution < -0.4 is 0 Å². The second kappa shape index (κ2) is 5.92. The van der Waals surface area contributed by atoms with Crippen molar-refractivity contribution in [2.24, 2.45) is 0 Å². The van der Waals surface area contributed by atoms with Crippen LogP contribution in [0, 0.1) is 11.3 Å². The standard InChI is InChI=1S/C9H12Cl2N2O3/c1-9(2,8(15)16)13(5-3-4-12)7(14)6(10)11/h6H,3,5H2,1-2H3,(H,15,16). The van der Waals surface area contributed by atoms with Crippen molar-refractivity contribution in [2.45, 2.75) is 30.6 Å². The van der Waals surface area contributed by atoms with Gasteiger partial charge in [-0.05, 0) is 13.8 Å². The van der Waals surface area contributed by atoms with Crippen LogP contribution in [0.2, 0.25) is 0 Å². The first kappa shape index (κ1) is 15.0. The molecule has 1 N–H and O–H groups in total. The lowest BCUT2D eigenvalue weighted by molar-refractivity contribution is -0.156. The molecular weight excluding hydrogens is 255 g/mol. The highest BCUT2D eigenvalue weighted by Gasteiger charge is 2.39. The zero-order valence-corrected chi connectivity index (χ0v) is 10.4. The van der Waals surface area contributed by atoms with Crippen molar-refractivity contribution >= 4 is 35.1 Å². The van der Waals surface area contributed by atoms with Crippen molar-refractivity contribution in [2.75, 3.05) is 6.54 Å². The number of hydrogen-bond acceptors (Lipinski definition) is 3. The summed E-state index contributed by atoms with van der Waals surface area (Å²) < 4.78 is 0. The van der Waals surface area contributed by atoms with Crippen molar-refractivity contribution in [1.82, 2.24) is 4.90 Å². The van der Waals surface area contributed by atoms with Gasteiger partial charge in [-0.1, -0.05) is 23.2 Å². The summed E-state index contributed by atoms with van der Waals surface area (Å²) in [6, 6.07) is 1.83. The summed E-state index contributed by atoms with van der Waals surface area (Å²) in [5.41, 5.74) is -1.45. The minimum Gasteiger partial charge on any atom is -0.480 e. The van der Waals surface area contributed by atoms with Crippen LogP contribution in [0.3, 0.4) is 0 Å². The van der Waals surface area contributed by atoms with Crippen molar-refractivity contribution in [3.63, 3.8) is 0 Å². The molecule has 0 heterocycles. The van der Waals surface area contributed by atoms with Crippen molar-refractivity contribution in [1.29, 1.82) is 5.26 Å². The molecule has 0 aliphatic rings. The minimum atomic E-state index is -1.45. The number of carboxylic acid groups (broad SMARTS) is 1. The van der Waals surface area contributed by atoms with Crippen molar-refractivity contribution in [3.8, 4) is 6.07 Å². The molecule has 0 saturated heterocycles. The molecule has 0 atom stereocenters. The van der Waals surface area contributed by atoms with Gasteiger partial charge in [-0.3, -0.25) is 4.79 Å². The summed E-state index contributed by atoms with van der Waals surface area (Å²) in [6.07, 6.45) is 0.0168.